The van der Waals surface area contributed by atoms with Crippen LogP contribution in [0.4, 0.5) is 0 Å². The van der Waals surface area contributed by atoms with E-state index in [1.165, 1.54) is 34.2 Å². The normalized spacial score (nSPS) is 19.8. The predicted molar refractivity (Wildman–Crippen MR) is 115 cm³/mol. The van der Waals surface area contributed by atoms with E-state index in [-0.39, 0.29) is 5.91 Å². The van der Waals surface area contributed by atoms with Gasteiger partial charge in [-0.25, -0.2) is 0 Å². The number of carbonyl (C=O) groups excluding carboxylic acids is 1. The number of hydrogen-bond donors (Lipinski definition) is 2. The van der Waals surface area contributed by atoms with Crippen LogP contribution in [0.1, 0.15) is 52.5 Å². The number of thiophene rings is 1. The van der Waals surface area contributed by atoms with Crippen molar-refractivity contribution in [2.24, 2.45) is 13.0 Å². The van der Waals surface area contributed by atoms with E-state index in [0.29, 0.717) is 11.8 Å². The van der Waals surface area contributed by atoms with Crippen molar-refractivity contribution in [2.75, 3.05) is 13.6 Å². The minimum absolute atomic E-state index is 0.0520. The highest BCUT2D eigenvalue weighted by Crippen LogP contribution is 2.43. The van der Waals surface area contributed by atoms with Gasteiger partial charge in [0.2, 0.25) is 0 Å². The molecule has 4 rings (SSSR count). The molecule has 0 spiro atoms. The molecule has 1 aliphatic carbocycles. The molecule has 0 unspecified atom stereocenters. The lowest BCUT2D eigenvalue weighted by atomic mass is 9.77. The zero-order chi connectivity index (χ0) is 19.5. The summed E-state index contributed by atoms with van der Waals surface area (Å²) in [6.07, 6.45) is 6.57. The Morgan fingerprint density at radius 1 is 1.21 bits per heavy atom. The smallest absolute Gasteiger partial charge is 0.261 e. The van der Waals surface area contributed by atoms with Crippen molar-refractivity contribution in [3.05, 3.63) is 52.7 Å². The molecule has 1 amide bonds. The van der Waals surface area contributed by atoms with Gasteiger partial charge in [-0.2, -0.15) is 5.10 Å². The third-order valence-corrected chi connectivity index (χ3v) is 7.17. The molecule has 1 saturated carbocycles. The van der Waals surface area contributed by atoms with Crippen LogP contribution in [-0.4, -0.2) is 29.3 Å². The first-order chi connectivity index (χ1) is 13.7. The van der Waals surface area contributed by atoms with Crippen molar-refractivity contribution >= 4 is 27.3 Å². The van der Waals surface area contributed by atoms with Gasteiger partial charge >= 0.3 is 0 Å². The third-order valence-electron chi connectivity index (χ3n) is 5.98. The molecule has 1 aromatic carbocycles. The number of amides is 1. The van der Waals surface area contributed by atoms with E-state index in [4.69, 9.17) is 0 Å². The molecular formula is C22H28N4OS. The highest BCUT2D eigenvalue weighted by molar-refractivity contribution is 7.21. The number of aromatic nitrogens is 2. The summed E-state index contributed by atoms with van der Waals surface area (Å²) in [6, 6.07) is 10.5. The first-order valence-electron chi connectivity index (χ1n) is 10.1. The molecule has 1 aliphatic rings. The van der Waals surface area contributed by atoms with Crippen molar-refractivity contribution in [2.45, 2.75) is 38.1 Å². The standard InChI is InChI=1S/C22H28N4OS/c1-23-22(27)21-20(18-5-3-4-6-19(18)28-21)16-9-7-15(8-10-16)13-24-14-17-11-12-25-26(17)2/h3-6,11-12,15-16,24H,7-10,13-14H2,1-2H3,(H,23,27). The number of nitrogens with one attached hydrogen (secondary N) is 2. The lowest BCUT2D eigenvalue weighted by Crippen LogP contribution is -2.27. The Kier molecular flexibility index (Phi) is 5.78. The average molecular weight is 397 g/mol. The van der Waals surface area contributed by atoms with E-state index in [0.717, 1.165) is 30.8 Å². The van der Waals surface area contributed by atoms with Crippen LogP contribution in [-0.2, 0) is 13.6 Å². The summed E-state index contributed by atoms with van der Waals surface area (Å²) in [7, 11) is 3.71. The van der Waals surface area contributed by atoms with Gasteiger partial charge in [0.1, 0.15) is 0 Å². The van der Waals surface area contributed by atoms with Crippen LogP contribution in [0.15, 0.2) is 36.5 Å². The number of nitrogens with zero attached hydrogens (tertiary/aromatic N) is 2. The van der Waals surface area contributed by atoms with Gasteiger partial charge in [0.25, 0.3) is 5.91 Å². The molecular weight excluding hydrogens is 368 g/mol. The zero-order valence-corrected chi connectivity index (χ0v) is 17.4. The van der Waals surface area contributed by atoms with Crippen molar-refractivity contribution < 1.29 is 4.79 Å². The van der Waals surface area contributed by atoms with E-state index < -0.39 is 0 Å². The molecule has 148 valence electrons. The second kappa shape index (κ2) is 8.45. The van der Waals surface area contributed by atoms with Gasteiger partial charge in [0, 0.05) is 31.5 Å². The lowest BCUT2D eigenvalue weighted by molar-refractivity contribution is 0.0965. The van der Waals surface area contributed by atoms with E-state index in [1.54, 1.807) is 18.4 Å². The van der Waals surface area contributed by atoms with Gasteiger partial charge in [-0.15, -0.1) is 11.3 Å². The molecule has 2 N–H and O–H groups in total. The number of hydrogen-bond acceptors (Lipinski definition) is 4. The number of rotatable bonds is 6. The van der Waals surface area contributed by atoms with E-state index in [9.17, 15) is 4.79 Å². The van der Waals surface area contributed by atoms with Crippen molar-refractivity contribution in [3.8, 4) is 0 Å². The average Bonchev–Trinajstić information content (AvgIpc) is 3.31. The topological polar surface area (TPSA) is 59.0 Å². The second-order valence-corrected chi connectivity index (χ2v) is 8.77. The van der Waals surface area contributed by atoms with Gasteiger partial charge < -0.3 is 10.6 Å². The lowest BCUT2D eigenvalue weighted by Gasteiger charge is -2.29. The monoisotopic (exact) mass is 396 g/mol. The molecule has 2 aromatic heterocycles. The molecule has 0 saturated heterocycles. The molecule has 0 radical (unpaired) electrons. The van der Waals surface area contributed by atoms with Gasteiger partial charge in [-0.3, -0.25) is 9.48 Å². The summed E-state index contributed by atoms with van der Waals surface area (Å²) >= 11 is 1.63. The highest BCUT2D eigenvalue weighted by atomic mass is 32.1. The number of fused-ring (bicyclic) bond motifs is 1. The molecule has 0 bridgehead atoms. The van der Waals surface area contributed by atoms with Gasteiger partial charge in [-0.1, -0.05) is 18.2 Å². The fourth-order valence-electron chi connectivity index (χ4n) is 4.39. The van der Waals surface area contributed by atoms with E-state index >= 15 is 0 Å². The Bertz CT molecular complexity index is 953. The number of aryl methyl sites for hydroxylation is 1. The van der Waals surface area contributed by atoms with Crippen LogP contribution < -0.4 is 10.6 Å². The molecule has 0 aliphatic heterocycles. The molecule has 0 atom stereocenters. The largest absolute Gasteiger partial charge is 0.354 e. The van der Waals surface area contributed by atoms with Crippen LogP contribution in [0, 0.1) is 5.92 Å². The quantitative estimate of drug-likeness (QED) is 0.661. The SMILES string of the molecule is CNC(=O)c1sc2ccccc2c1C1CCC(CNCc2ccnn2C)CC1. The zero-order valence-electron chi connectivity index (χ0n) is 16.6. The summed E-state index contributed by atoms with van der Waals surface area (Å²) in [5.74, 6) is 1.24. The minimum atomic E-state index is 0.0520. The number of carbonyl (C=O) groups is 1. The van der Waals surface area contributed by atoms with Crippen LogP contribution in [0.3, 0.4) is 0 Å². The fraction of sp³-hybridized carbons (Fsp3) is 0.455. The Morgan fingerprint density at radius 2 is 2.00 bits per heavy atom. The first kappa shape index (κ1) is 19.2. The maximum absolute atomic E-state index is 12.5. The van der Waals surface area contributed by atoms with Crippen molar-refractivity contribution in [1.29, 1.82) is 0 Å². The Morgan fingerprint density at radius 3 is 2.71 bits per heavy atom. The van der Waals surface area contributed by atoms with Crippen molar-refractivity contribution in [1.82, 2.24) is 20.4 Å². The van der Waals surface area contributed by atoms with Crippen LogP contribution in [0.2, 0.25) is 0 Å². The molecule has 3 aromatic rings. The Labute approximate surface area is 170 Å². The van der Waals surface area contributed by atoms with Crippen LogP contribution in [0.5, 0.6) is 0 Å². The fourth-order valence-corrected chi connectivity index (χ4v) is 5.62. The second-order valence-electron chi connectivity index (χ2n) is 7.71. The van der Waals surface area contributed by atoms with Crippen molar-refractivity contribution in [3.63, 3.8) is 0 Å². The summed E-state index contributed by atoms with van der Waals surface area (Å²) in [5.41, 5.74) is 2.50. The van der Waals surface area contributed by atoms with E-state index in [2.05, 4.69) is 46.1 Å². The first-order valence-corrected chi connectivity index (χ1v) is 10.9. The minimum Gasteiger partial charge on any atom is -0.354 e. The predicted octanol–water partition coefficient (Wildman–Crippen LogP) is 4.06. The highest BCUT2D eigenvalue weighted by Gasteiger charge is 2.28. The van der Waals surface area contributed by atoms with Crippen LogP contribution in [0.25, 0.3) is 10.1 Å². The van der Waals surface area contributed by atoms with Gasteiger partial charge in [-0.05, 0) is 67.1 Å². The maximum Gasteiger partial charge on any atom is 0.261 e. The molecule has 6 heteroatoms. The number of benzene rings is 1. The summed E-state index contributed by atoms with van der Waals surface area (Å²) < 4.78 is 3.14. The summed E-state index contributed by atoms with van der Waals surface area (Å²) in [5, 5.41) is 11.9. The Balaban J connectivity index is 1.41. The summed E-state index contributed by atoms with van der Waals surface area (Å²) in [4.78, 5) is 13.4. The molecule has 5 nitrogen and oxygen atoms in total. The van der Waals surface area contributed by atoms with E-state index in [1.807, 2.05) is 17.9 Å². The molecule has 1 fully saturated rings. The molecule has 2 heterocycles. The third kappa shape index (κ3) is 3.84. The molecule has 28 heavy (non-hydrogen) atoms. The summed E-state index contributed by atoms with van der Waals surface area (Å²) in [6.45, 7) is 1.91. The van der Waals surface area contributed by atoms with Gasteiger partial charge in [0.05, 0.1) is 10.6 Å². The van der Waals surface area contributed by atoms with Gasteiger partial charge in [0.15, 0.2) is 0 Å². The van der Waals surface area contributed by atoms with Crippen LogP contribution >= 0.6 is 11.3 Å². The maximum atomic E-state index is 12.5. The Hall–Kier alpha value is -2.18.